The van der Waals surface area contributed by atoms with Crippen molar-refractivity contribution in [3.8, 4) is 0 Å². The highest BCUT2D eigenvalue weighted by Crippen LogP contribution is 2.30. The van der Waals surface area contributed by atoms with Crippen LogP contribution in [-0.2, 0) is 47.7 Å². The third kappa shape index (κ3) is 36.8. The first-order valence-electron chi connectivity index (χ1n) is 26.6. The zero-order valence-electron chi connectivity index (χ0n) is 41.5. The minimum absolute atomic E-state index is 0.127. The van der Waals surface area contributed by atoms with Crippen molar-refractivity contribution in [2.24, 2.45) is 0 Å². The van der Waals surface area contributed by atoms with Gasteiger partial charge in [0.15, 0.2) is 12.2 Å². The summed E-state index contributed by atoms with van der Waals surface area (Å²) in [5, 5.41) is 6.92. The van der Waals surface area contributed by atoms with Gasteiger partial charge in [-0.05, 0) is 51.4 Å². The molecule has 15 heteroatoms. The third-order valence-electron chi connectivity index (χ3n) is 12.3. The fraction of sp³-hybridized carbons (Fsp3) is 0.904. The van der Waals surface area contributed by atoms with Gasteiger partial charge in [0.2, 0.25) is 12.2 Å². The summed E-state index contributed by atoms with van der Waals surface area (Å²) in [5.74, 6) is -2.44. The number of carbonyl (C=O) groups excluding carboxylic acids is 5. The second-order valence-corrected chi connectivity index (χ2v) is 21.6. The predicted octanol–water partition coefficient (Wildman–Crippen LogP) is 14.7. The Hall–Kier alpha value is -0.770. The van der Waals surface area contributed by atoms with Crippen LogP contribution in [0.2, 0.25) is 0 Å². The average Bonchev–Trinajstić information content (AvgIpc) is 3.30. The fourth-order valence-electron chi connectivity index (χ4n) is 8.36. The van der Waals surface area contributed by atoms with E-state index in [1.165, 1.54) is 90.4 Å². The van der Waals surface area contributed by atoms with Gasteiger partial charge in [-0.3, -0.25) is 24.0 Å². The summed E-state index contributed by atoms with van der Waals surface area (Å²) in [6.07, 6.45) is 29.1. The molecule has 5 atom stereocenters. The number of carbonyl (C=O) groups is 5. The van der Waals surface area contributed by atoms with Gasteiger partial charge in [0, 0.05) is 53.9 Å². The zero-order chi connectivity index (χ0) is 49.0. The van der Waals surface area contributed by atoms with E-state index in [2.05, 4.69) is 69.0 Å². The van der Waals surface area contributed by atoms with Crippen LogP contribution in [0.15, 0.2) is 0 Å². The van der Waals surface area contributed by atoms with Gasteiger partial charge in [0.1, 0.15) is 18.8 Å². The maximum atomic E-state index is 13.7. The molecule has 11 nitrogen and oxygen atoms in total. The van der Waals surface area contributed by atoms with Crippen LogP contribution in [-0.4, -0.2) is 88.4 Å². The number of halogens is 4. The second kappa shape index (κ2) is 46.3. The van der Waals surface area contributed by atoms with Crippen LogP contribution >= 0.6 is 63.7 Å². The van der Waals surface area contributed by atoms with Gasteiger partial charge in [-0.25, -0.2) is 0 Å². The lowest BCUT2D eigenvalue weighted by molar-refractivity contribution is -0.272. The van der Waals surface area contributed by atoms with Crippen LogP contribution in [0.25, 0.3) is 0 Å². The van der Waals surface area contributed by atoms with Gasteiger partial charge < -0.3 is 29.0 Å². The van der Waals surface area contributed by atoms with Gasteiger partial charge in [-0.15, -0.1) is 0 Å². The molecule has 392 valence electrons. The van der Waals surface area contributed by atoms with Crippen molar-refractivity contribution in [3.63, 3.8) is 0 Å². The highest BCUT2D eigenvalue weighted by Gasteiger charge is 2.52. The summed E-state index contributed by atoms with van der Waals surface area (Å²) in [4.78, 5) is 66.7. The van der Waals surface area contributed by atoms with Crippen LogP contribution in [0.4, 0.5) is 0 Å². The highest BCUT2D eigenvalue weighted by atomic mass is 79.9. The largest absolute Gasteiger partial charge is 0.463 e. The first-order chi connectivity index (χ1) is 32.7. The van der Waals surface area contributed by atoms with E-state index in [1.54, 1.807) is 0 Å². The Morgan fingerprint density at radius 3 is 1.00 bits per heavy atom. The predicted molar refractivity (Wildman–Crippen MR) is 284 cm³/mol. The maximum absolute atomic E-state index is 13.7. The van der Waals surface area contributed by atoms with E-state index in [9.17, 15) is 24.0 Å². The van der Waals surface area contributed by atoms with Gasteiger partial charge in [0.05, 0.1) is 0 Å². The van der Waals surface area contributed by atoms with E-state index in [1.807, 2.05) is 0 Å². The van der Waals surface area contributed by atoms with E-state index in [0.29, 0.717) is 25.7 Å². The quantitative estimate of drug-likeness (QED) is 0.0271. The molecule has 0 unspecified atom stereocenters. The van der Waals surface area contributed by atoms with Crippen LogP contribution in [0.5, 0.6) is 0 Å². The molecule has 0 aliphatic carbocycles. The van der Waals surface area contributed by atoms with Crippen LogP contribution in [0, 0.1) is 0 Å². The maximum Gasteiger partial charge on any atom is 0.308 e. The topological polar surface area (TPSA) is 144 Å². The summed E-state index contributed by atoms with van der Waals surface area (Å²) in [6, 6.07) is -1.18. The zero-order valence-corrected chi connectivity index (χ0v) is 47.8. The molecule has 1 fully saturated rings. The Labute approximate surface area is 440 Å². The minimum atomic E-state index is -1.39. The molecule has 1 aliphatic heterocycles. The lowest BCUT2D eigenvalue weighted by Gasteiger charge is -2.44. The van der Waals surface area contributed by atoms with Gasteiger partial charge >= 0.3 is 23.9 Å². The summed E-state index contributed by atoms with van der Waals surface area (Å²) in [6.45, 7) is 0.999. The lowest BCUT2D eigenvalue weighted by atomic mass is 9.95. The molecule has 1 heterocycles. The lowest BCUT2D eigenvalue weighted by Crippen LogP contribution is -2.67. The van der Waals surface area contributed by atoms with Crippen molar-refractivity contribution in [3.05, 3.63) is 0 Å². The molecule has 1 N–H and O–H groups in total. The highest BCUT2D eigenvalue weighted by molar-refractivity contribution is 9.09. The molecule has 1 saturated heterocycles. The number of alkyl halides is 4. The fourth-order valence-corrected chi connectivity index (χ4v) is 9.95. The summed E-state index contributed by atoms with van der Waals surface area (Å²) < 4.78 is 30.4. The van der Waals surface area contributed by atoms with E-state index in [4.69, 9.17) is 23.7 Å². The Kier molecular flexibility index (Phi) is 44.4. The van der Waals surface area contributed by atoms with Crippen molar-refractivity contribution < 1.29 is 47.7 Å². The van der Waals surface area contributed by atoms with E-state index < -0.39 is 60.4 Å². The van der Waals surface area contributed by atoms with Crippen molar-refractivity contribution in [1.82, 2.24) is 5.32 Å². The molecule has 0 saturated carbocycles. The average molecular weight is 1210 g/mol. The molecular weight excluding hydrogens is 1120 g/mol. The van der Waals surface area contributed by atoms with Crippen LogP contribution in [0.3, 0.4) is 0 Å². The van der Waals surface area contributed by atoms with Crippen molar-refractivity contribution in [2.75, 3.05) is 27.9 Å². The third-order valence-corrected chi connectivity index (χ3v) is 14.5. The van der Waals surface area contributed by atoms with Crippen molar-refractivity contribution >= 4 is 93.5 Å². The monoisotopic (exact) mass is 1210 g/mol. The molecule has 67 heavy (non-hydrogen) atoms. The molecular formula is C52H91Br4NO10. The van der Waals surface area contributed by atoms with E-state index in [0.717, 1.165) is 118 Å². The summed E-state index contributed by atoms with van der Waals surface area (Å²) >= 11 is 14.0. The molecule has 1 aliphatic rings. The smallest absolute Gasteiger partial charge is 0.308 e. The molecule has 1 rings (SSSR count). The summed E-state index contributed by atoms with van der Waals surface area (Å²) in [7, 11) is 0. The van der Waals surface area contributed by atoms with E-state index in [-0.39, 0.29) is 32.3 Å². The van der Waals surface area contributed by atoms with Gasteiger partial charge in [-0.1, -0.05) is 218 Å². The van der Waals surface area contributed by atoms with Gasteiger partial charge in [-0.2, -0.15) is 0 Å². The molecule has 0 aromatic rings. The number of ether oxygens (including phenoxy) is 5. The van der Waals surface area contributed by atoms with Crippen LogP contribution in [0.1, 0.15) is 238 Å². The minimum Gasteiger partial charge on any atom is -0.463 e. The number of amides is 1. The van der Waals surface area contributed by atoms with Crippen molar-refractivity contribution in [2.45, 2.75) is 269 Å². The van der Waals surface area contributed by atoms with Crippen LogP contribution < -0.4 is 5.32 Å². The Morgan fingerprint density at radius 2 is 0.672 bits per heavy atom. The number of nitrogens with one attached hydrogen (secondary N) is 1. The Balaban J connectivity index is 3.20. The molecule has 1 amide bonds. The summed E-state index contributed by atoms with van der Waals surface area (Å²) in [5.41, 5.74) is 0. The first-order valence-corrected chi connectivity index (χ1v) is 31.1. The normalized spacial score (nSPS) is 18.1. The second-order valence-electron chi connectivity index (χ2n) is 18.4. The number of esters is 4. The number of unbranched alkanes of at least 4 members (excludes halogenated alkanes) is 28. The number of rotatable bonds is 46. The van der Waals surface area contributed by atoms with Crippen molar-refractivity contribution in [1.29, 1.82) is 0 Å². The standard InChI is InChI=1S/C52H91Br4NO10/c1-43(58)57-49-51(66-47(61)36-28-20-12-4-8-16-24-32-40-55)50(65-46(60)35-27-19-11-3-7-15-23-31-39-54)44(42-63-45(59)34-26-18-10-2-6-14-22-30-38-53)64-52(49)67-48(62)37-29-21-13-5-9-17-25-33-41-56/h44,49-52H,2-42H2,1H3,(H,57,58)/t44-,49-,50-,51-,52+/m0/s1. The molecule has 0 aromatic carbocycles. The molecule has 0 aromatic heterocycles. The Morgan fingerprint density at radius 1 is 0.388 bits per heavy atom. The van der Waals surface area contributed by atoms with Gasteiger partial charge in [0.25, 0.3) is 0 Å². The molecule has 0 radical (unpaired) electrons. The Bertz CT molecular complexity index is 1250. The SMILES string of the molecule is CC(=O)N[C@@H]1[C@@H](OC(=O)CCCCCCCCCCBr)O[C@@H](COC(=O)CCCCCCCCCCBr)[C@H](OC(=O)CCCCCCCCCCBr)[C@H]1OC(=O)CCCCCCCCCCBr. The number of hydrogen-bond acceptors (Lipinski definition) is 10. The first kappa shape index (κ1) is 64.2. The molecule has 0 spiro atoms. The van der Waals surface area contributed by atoms with E-state index >= 15 is 0 Å². The molecule has 0 bridgehead atoms. The number of hydrogen-bond donors (Lipinski definition) is 1.